The predicted molar refractivity (Wildman–Crippen MR) is 168 cm³/mol. The minimum atomic E-state index is 0.715. The quantitative estimate of drug-likeness (QED) is 0.102. The van der Waals surface area contributed by atoms with Crippen molar-refractivity contribution in [1.29, 1.82) is 0 Å². The summed E-state index contributed by atoms with van der Waals surface area (Å²) in [6.07, 6.45) is 11.8. The van der Waals surface area contributed by atoms with Crippen molar-refractivity contribution >= 4 is 62.0 Å². The topological polar surface area (TPSA) is 26.9 Å². The molecule has 0 radical (unpaired) electrons. The summed E-state index contributed by atoms with van der Waals surface area (Å²) in [6.45, 7) is 6.40. The summed E-state index contributed by atoms with van der Waals surface area (Å²) >= 11 is 0. The minimum absolute atomic E-state index is 0.715. The van der Waals surface area contributed by atoms with Crippen LogP contribution in [0.4, 0.5) is 0 Å². The van der Waals surface area contributed by atoms with E-state index in [0.29, 0.717) is 5.56 Å². The first-order valence-electron chi connectivity index (χ1n) is 14.4. The molecule has 0 bridgehead atoms. The van der Waals surface area contributed by atoms with Crippen LogP contribution in [0.2, 0.25) is 0 Å². The van der Waals surface area contributed by atoms with Crippen molar-refractivity contribution in [2.75, 3.05) is 0 Å². The molecule has 0 saturated carbocycles. The number of aryl methyl sites for hydroxylation is 2. The molecule has 0 fully saturated rings. The van der Waals surface area contributed by atoms with Gasteiger partial charge in [0.2, 0.25) is 0 Å². The molecule has 0 saturated heterocycles. The van der Waals surface area contributed by atoms with Crippen LogP contribution < -0.4 is 0 Å². The van der Waals surface area contributed by atoms with Crippen LogP contribution in [0.15, 0.2) is 78.9 Å². The van der Waals surface area contributed by atoms with Crippen molar-refractivity contribution in [3.63, 3.8) is 0 Å². The van der Waals surface area contributed by atoms with E-state index in [2.05, 4.69) is 102 Å². The molecule has 2 aromatic heterocycles. The number of carbonyl (C=O) groups is 1. The standard InChI is InChI=1S/C36H36N2O/c1-3-5-6-7-10-21-38-33-12-9-8-11-29(33)30-22-26(16-19-36(30)38)13-14-27-15-18-34-31(23-27)32-24-28(25-39)17-20-35(32)37(34)4-2/h8-9,11-20,22-25H,3-7,10,21H2,1-2H3. The highest BCUT2D eigenvalue weighted by molar-refractivity contribution is 6.10. The molecule has 0 unspecified atom stereocenters. The van der Waals surface area contributed by atoms with E-state index in [1.165, 1.54) is 75.9 Å². The smallest absolute Gasteiger partial charge is 0.150 e. The fraction of sp³-hybridized carbons (Fsp3) is 0.250. The Morgan fingerprint density at radius 3 is 1.74 bits per heavy atom. The van der Waals surface area contributed by atoms with Gasteiger partial charge in [-0.15, -0.1) is 0 Å². The minimum Gasteiger partial charge on any atom is -0.341 e. The number of aromatic nitrogens is 2. The fourth-order valence-corrected chi connectivity index (χ4v) is 6.14. The molecule has 3 nitrogen and oxygen atoms in total. The summed E-state index contributed by atoms with van der Waals surface area (Å²) in [5.74, 6) is 0. The molecule has 196 valence electrons. The molecule has 4 aromatic carbocycles. The van der Waals surface area contributed by atoms with Gasteiger partial charge in [0.15, 0.2) is 0 Å². The van der Waals surface area contributed by atoms with Crippen LogP contribution in [0.1, 0.15) is 67.4 Å². The number of benzene rings is 4. The highest BCUT2D eigenvalue weighted by Crippen LogP contribution is 2.33. The molecule has 39 heavy (non-hydrogen) atoms. The van der Waals surface area contributed by atoms with E-state index in [0.717, 1.165) is 30.3 Å². The monoisotopic (exact) mass is 512 g/mol. The zero-order valence-corrected chi connectivity index (χ0v) is 23.0. The number of para-hydroxylation sites is 1. The normalized spacial score (nSPS) is 12.1. The number of rotatable bonds is 10. The third kappa shape index (κ3) is 4.67. The number of hydrogen-bond donors (Lipinski definition) is 0. The Morgan fingerprint density at radius 2 is 1.10 bits per heavy atom. The second-order valence-corrected chi connectivity index (χ2v) is 10.6. The van der Waals surface area contributed by atoms with Gasteiger partial charge >= 0.3 is 0 Å². The Balaban J connectivity index is 1.34. The second kappa shape index (κ2) is 10.9. The van der Waals surface area contributed by atoms with Crippen LogP contribution in [-0.2, 0) is 13.1 Å². The van der Waals surface area contributed by atoms with Gasteiger partial charge in [-0.3, -0.25) is 4.79 Å². The number of nitrogens with zero attached hydrogens (tertiary/aromatic N) is 2. The Morgan fingerprint density at radius 1 is 0.564 bits per heavy atom. The highest BCUT2D eigenvalue weighted by Gasteiger charge is 2.12. The zero-order chi connectivity index (χ0) is 26.8. The molecule has 0 amide bonds. The third-order valence-electron chi connectivity index (χ3n) is 8.12. The van der Waals surface area contributed by atoms with Crippen molar-refractivity contribution in [3.05, 3.63) is 95.6 Å². The van der Waals surface area contributed by atoms with E-state index < -0.39 is 0 Å². The lowest BCUT2D eigenvalue weighted by atomic mass is 10.1. The summed E-state index contributed by atoms with van der Waals surface area (Å²) < 4.78 is 4.83. The van der Waals surface area contributed by atoms with Crippen molar-refractivity contribution < 1.29 is 4.79 Å². The van der Waals surface area contributed by atoms with Gasteiger partial charge in [0.25, 0.3) is 0 Å². The molecule has 0 N–H and O–H groups in total. The number of fused-ring (bicyclic) bond motifs is 6. The molecule has 6 rings (SSSR count). The Bertz CT molecular complexity index is 1830. The van der Waals surface area contributed by atoms with Gasteiger partial charge in [-0.2, -0.15) is 0 Å². The highest BCUT2D eigenvalue weighted by atomic mass is 16.1. The first-order chi connectivity index (χ1) is 19.2. The molecule has 0 aliphatic carbocycles. The van der Waals surface area contributed by atoms with E-state index in [1.807, 2.05) is 12.1 Å². The summed E-state index contributed by atoms with van der Waals surface area (Å²) in [4.78, 5) is 11.4. The van der Waals surface area contributed by atoms with Gasteiger partial charge in [0.1, 0.15) is 6.29 Å². The van der Waals surface area contributed by atoms with E-state index in [9.17, 15) is 4.79 Å². The van der Waals surface area contributed by atoms with Gasteiger partial charge in [-0.05, 0) is 73.0 Å². The van der Waals surface area contributed by atoms with E-state index in [1.54, 1.807) is 0 Å². The summed E-state index contributed by atoms with van der Waals surface area (Å²) in [5, 5.41) is 4.98. The van der Waals surface area contributed by atoms with Crippen LogP contribution >= 0.6 is 0 Å². The largest absolute Gasteiger partial charge is 0.341 e. The second-order valence-electron chi connectivity index (χ2n) is 10.6. The SMILES string of the molecule is CCCCCCCn1c2ccccc2c2cc(C=Cc3ccc4c(c3)c3cc(C=O)ccc3n4CC)ccc21. The summed E-state index contributed by atoms with van der Waals surface area (Å²) in [7, 11) is 0. The van der Waals surface area contributed by atoms with Crippen LogP contribution in [-0.4, -0.2) is 15.4 Å². The van der Waals surface area contributed by atoms with Crippen molar-refractivity contribution in [2.24, 2.45) is 0 Å². The Kier molecular flexibility index (Phi) is 7.06. The van der Waals surface area contributed by atoms with Gasteiger partial charge in [-0.1, -0.05) is 75.1 Å². The van der Waals surface area contributed by atoms with E-state index >= 15 is 0 Å². The third-order valence-corrected chi connectivity index (χ3v) is 8.12. The van der Waals surface area contributed by atoms with Crippen LogP contribution in [0, 0.1) is 0 Å². The maximum absolute atomic E-state index is 11.4. The van der Waals surface area contributed by atoms with Gasteiger partial charge in [0.05, 0.1) is 0 Å². The molecule has 0 aliphatic heterocycles. The molecule has 2 heterocycles. The summed E-state index contributed by atoms with van der Waals surface area (Å²) in [5.41, 5.74) is 8.10. The Hall–Kier alpha value is -4.11. The predicted octanol–water partition coefficient (Wildman–Crippen LogP) is 9.88. The maximum atomic E-state index is 11.4. The number of aldehydes is 1. The lowest BCUT2D eigenvalue weighted by Gasteiger charge is -2.07. The number of carbonyl (C=O) groups excluding carboxylic acids is 1. The fourth-order valence-electron chi connectivity index (χ4n) is 6.14. The molecule has 0 aliphatic rings. The van der Waals surface area contributed by atoms with Gasteiger partial charge < -0.3 is 9.13 Å². The van der Waals surface area contributed by atoms with Crippen molar-refractivity contribution in [1.82, 2.24) is 9.13 Å². The van der Waals surface area contributed by atoms with Crippen molar-refractivity contribution in [3.8, 4) is 0 Å². The average molecular weight is 513 g/mol. The molecular formula is C36H36N2O. The van der Waals surface area contributed by atoms with Crippen molar-refractivity contribution in [2.45, 2.75) is 59.0 Å². The average Bonchev–Trinajstić information content (AvgIpc) is 3.47. The van der Waals surface area contributed by atoms with Crippen LogP contribution in [0.5, 0.6) is 0 Å². The van der Waals surface area contributed by atoms with Gasteiger partial charge in [-0.25, -0.2) is 0 Å². The molecule has 0 spiro atoms. The number of unbranched alkanes of at least 4 members (excludes halogenated alkanes) is 4. The van der Waals surface area contributed by atoms with Crippen LogP contribution in [0.3, 0.4) is 0 Å². The molecular weight excluding hydrogens is 476 g/mol. The molecule has 3 heteroatoms. The van der Waals surface area contributed by atoms with Crippen LogP contribution in [0.25, 0.3) is 55.8 Å². The van der Waals surface area contributed by atoms with Gasteiger partial charge in [0, 0.05) is 62.3 Å². The summed E-state index contributed by atoms with van der Waals surface area (Å²) in [6, 6.07) is 28.3. The lowest BCUT2D eigenvalue weighted by molar-refractivity contribution is 0.112. The molecule has 6 aromatic rings. The van der Waals surface area contributed by atoms with E-state index in [-0.39, 0.29) is 0 Å². The Labute approximate surface area is 230 Å². The maximum Gasteiger partial charge on any atom is 0.150 e. The zero-order valence-electron chi connectivity index (χ0n) is 23.0. The lowest BCUT2D eigenvalue weighted by Crippen LogP contribution is -1.97. The molecule has 0 atom stereocenters. The number of hydrogen-bond acceptors (Lipinski definition) is 1. The first-order valence-corrected chi connectivity index (χ1v) is 14.4. The first kappa shape index (κ1) is 25.2. The van der Waals surface area contributed by atoms with E-state index in [4.69, 9.17) is 0 Å².